The third-order valence-electron chi connectivity index (χ3n) is 3.56. The number of hydrogen-bond donors (Lipinski definition) is 4. The van der Waals surface area contributed by atoms with Gasteiger partial charge in [-0.05, 0) is 30.7 Å². The van der Waals surface area contributed by atoms with E-state index in [9.17, 15) is 28.2 Å². The fourth-order valence-electron chi connectivity index (χ4n) is 2.25. The highest BCUT2D eigenvalue weighted by Gasteiger charge is 2.30. The Morgan fingerprint density at radius 1 is 1.38 bits per heavy atom. The molecule has 24 heavy (non-hydrogen) atoms. The zero-order valence-corrected chi connectivity index (χ0v) is 12.7. The van der Waals surface area contributed by atoms with Gasteiger partial charge in [-0.1, -0.05) is 0 Å². The van der Waals surface area contributed by atoms with E-state index in [1.165, 1.54) is 0 Å². The number of carbonyl (C=O) groups is 1. The smallest absolute Gasteiger partial charge is 0.416 e. The van der Waals surface area contributed by atoms with Crippen molar-refractivity contribution in [2.75, 3.05) is 19.7 Å². The minimum Gasteiger partial charge on any atom is -0.491 e. The van der Waals surface area contributed by atoms with Crippen LogP contribution in [-0.2, 0) is 11.0 Å². The zero-order chi connectivity index (χ0) is 17.7. The van der Waals surface area contributed by atoms with Gasteiger partial charge in [-0.25, -0.2) is 0 Å². The first kappa shape index (κ1) is 18.5. The fraction of sp³-hybridized carbons (Fsp3) is 0.533. The van der Waals surface area contributed by atoms with Crippen molar-refractivity contribution >= 4 is 5.91 Å². The van der Waals surface area contributed by atoms with Crippen molar-refractivity contribution in [1.29, 1.82) is 0 Å². The Bertz CT molecular complexity index is 551. The van der Waals surface area contributed by atoms with E-state index in [0.29, 0.717) is 13.0 Å². The second-order valence-electron chi connectivity index (χ2n) is 5.58. The van der Waals surface area contributed by atoms with Gasteiger partial charge >= 0.3 is 6.18 Å². The first-order chi connectivity index (χ1) is 11.3. The summed E-state index contributed by atoms with van der Waals surface area (Å²) in [6, 6.07) is 3.61. The number of ether oxygens (including phenoxy) is 1. The monoisotopic (exact) mass is 348 g/mol. The molecule has 4 N–H and O–H groups in total. The van der Waals surface area contributed by atoms with E-state index in [4.69, 9.17) is 4.74 Å². The standard InChI is InChI=1S/C15H19F3N2O4/c16-15(17,18)9-1-3-12(4-2-9)24-8-11(22)7-20-14(23)13-5-10(21)6-19-13/h1-4,10-11,13,19,21-22H,5-8H2,(H,20,23). The molecule has 1 saturated heterocycles. The van der Waals surface area contributed by atoms with Crippen LogP contribution in [0.4, 0.5) is 13.2 Å². The van der Waals surface area contributed by atoms with E-state index in [1.54, 1.807) is 0 Å². The van der Waals surface area contributed by atoms with Crippen LogP contribution in [0.5, 0.6) is 5.75 Å². The van der Waals surface area contributed by atoms with Crippen molar-refractivity contribution in [3.8, 4) is 5.75 Å². The molecule has 0 aliphatic carbocycles. The summed E-state index contributed by atoms with van der Waals surface area (Å²) in [7, 11) is 0. The van der Waals surface area contributed by atoms with E-state index in [2.05, 4.69) is 10.6 Å². The Balaban J connectivity index is 1.71. The molecule has 1 heterocycles. The van der Waals surface area contributed by atoms with Crippen LogP contribution >= 0.6 is 0 Å². The molecule has 1 aromatic carbocycles. The molecule has 3 unspecified atom stereocenters. The average molecular weight is 348 g/mol. The van der Waals surface area contributed by atoms with Crippen molar-refractivity contribution in [2.45, 2.75) is 30.8 Å². The Hall–Kier alpha value is -1.84. The molecule has 1 aliphatic rings. The average Bonchev–Trinajstić information content (AvgIpc) is 2.96. The van der Waals surface area contributed by atoms with Crippen LogP contribution in [-0.4, -0.2) is 54.1 Å². The molecule has 2 rings (SSSR count). The number of aliphatic hydroxyl groups is 2. The number of halogens is 3. The van der Waals surface area contributed by atoms with Crippen LogP contribution in [0.25, 0.3) is 0 Å². The van der Waals surface area contributed by atoms with Crippen LogP contribution in [0.1, 0.15) is 12.0 Å². The van der Waals surface area contributed by atoms with Gasteiger partial charge in [-0.2, -0.15) is 13.2 Å². The molecule has 0 bridgehead atoms. The van der Waals surface area contributed by atoms with Crippen LogP contribution in [0.3, 0.4) is 0 Å². The summed E-state index contributed by atoms with van der Waals surface area (Å²) >= 11 is 0. The molecule has 1 aromatic rings. The van der Waals surface area contributed by atoms with Crippen molar-refractivity contribution in [3.05, 3.63) is 29.8 Å². The molecule has 6 nitrogen and oxygen atoms in total. The van der Waals surface area contributed by atoms with Gasteiger partial charge in [0.15, 0.2) is 0 Å². The molecule has 0 aromatic heterocycles. The van der Waals surface area contributed by atoms with Crippen molar-refractivity contribution in [1.82, 2.24) is 10.6 Å². The lowest BCUT2D eigenvalue weighted by atomic mass is 10.2. The van der Waals surface area contributed by atoms with E-state index in [-0.39, 0.29) is 24.8 Å². The lowest BCUT2D eigenvalue weighted by molar-refractivity contribution is -0.137. The first-order valence-electron chi connectivity index (χ1n) is 7.43. The number of nitrogens with one attached hydrogen (secondary N) is 2. The maximum Gasteiger partial charge on any atom is 0.416 e. The summed E-state index contributed by atoms with van der Waals surface area (Å²) < 4.78 is 42.4. The molecule has 0 radical (unpaired) electrons. The lowest BCUT2D eigenvalue weighted by Gasteiger charge is -2.16. The van der Waals surface area contributed by atoms with E-state index in [1.807, 2.05) is 0 Å². The SMILES string of the molecule is O=C(NCC(O)COc1ccc(C(F)(F)F)cc1)C1CC(O)CN1. The number of rotatable bonds is 6. The molecule has 9 heteroatoms. The minimum atomic E-state index is -4.41. The fourth-order valence-corrected chi connectivity index (χ4v) is 2.25. The summed E-state index contributed by atoms with van der Waals surface area (Å²) in [5.74, 6) is -0.144. The molecule has 3 atom stereocenters. The van der Waals surface area contributed by atoms with Gasteiger partial charge in [-0.3, -0.25) is 4.79 Å². The molecule has 1 fully saturated rings. The molecular formula is C15H19F3N2O4. The third kappa shape index (κ3) is 5.36. The van der Waals surface area contributed by atoms with E-state index < -0.39 is 30.0 Å². The number of aliphatic hydroxyl groups excluding tert-OH is 2. The summed E-state index contributed by atoms with van der Waals surface area (Å²) in [5, 5.41) is 24.4. The van der Waals surface area contributed by atoms with Crippen molar-refractivity contribution in [2.24, 2.45) is 0 Å². The molecular weight excluding hydrogens is 329 g/mol. The van der Waals surface area contributed by atoms with Gasteiger partial charge in [0, 0.05) is 13.1 Å². The van der Waals surface area contributed by atoms with Gasteiger partial charge < -0.3 is 25.6 Å². The molecule has 134 valence electrons. The zero-order valence-electron chi connectivity index (χ0n) is 12.7. The first-order valence-corrected chi connectivity index (χ1v) is 7.43. The molecule has 1 aliphatic heterocycles. The van der Waals surface area contributed by atoms with Gasteiger partial charge in [0.2, 0.25) is 5.91 Å². The Morgan fingerprint density at radius 2 is 2.04 bits per heavy atom. The highest BCUT2D eigenvalue weighted by atomic mass is 19.4. The number of alkyl halides is 3. The van der Waals surface area contributed by atoms with Gasteiger partial charge in [-0.15, -0.1) is 0 Å². The number of hydrogen-bond acceptors (Lipinski definition) is 5. The van der Waals surface area contributed by atoms with Crippen LogP contribution in [0, 0.1) is 0 Å². The van der Waals surface area contributed by atoms with Crippen LogP contribution < -0.4 is 15.4 Å². The summed E-state index contributed by atoms with van der Waals surface area (Å²) in [4.78, 5) is 11.8. The van der Waals surface area contributed by atoms with Crippen molar-refractivity contribution in [3.63, 3.8) is 0 Å². The highest BCUT2D eigenvalue weighted by Crippen LogP contribution is 2.30. The maximum absolute atomic E-state index is 12.4. The summed E-state index contributed by atoms with van der Waals surface area (Å²) in [5.41, 5.74) is -0.783. The van der Waals surface area contributed by atoms with Crippen molar-refractivity contribution < 1.29 is 32.9 Å². The minimum absolute atomic E-state index is 0.0618. The molecule has 0 spiro atoms. The second kappa shape index (κ2) is 7.82. The quantitative estimate of drug-likeness (QED) is 0.593. The Kier molecular flexibility index (Phi) is 6.03. The number of β-amino-alcohol motifs (C(OH)–C–C–N with tert-alkyl or cyclic N) is 1. The summed E-state index contributed by atoms with van der Waals surface area (Å²) in [6.45, 7) is 0.109. The largest absolute Gasteiger partial charge is 0.491 e. The number of amides is 1. The normalized spacial score (nSPS) is 22.2. The lowest BCUT2D eigenvalue weighted by Crippen LogP contribution is -2.44. The summed E-state index contributed by atoms with van der Waals surface area (Å²) in [6.07, 6.45) is -5.68. The number of carbonyl (C=O) groups excluding carboxylic acids is 1. The van der Waals surface area contributed by atoms with Crippen LogP contribution in [0.2, 0.25) is 0 Å². The Labute approximate surface area is 136 Å². The van der Waals surface area contributed by atoms with Crippen LogP contribution in [0.15, 0.2) is 24.3 Å². The molecule has 0 saturated carbocycles. The van der Waals surface area contributed by atoms with Gasteiger partial charge in [0.05, 0.1) is 17.7 Å². The second-order valence-corrected chi connectivity index (χ2v) is 5.58. The molecule has 1 amide bonds. The predicted octanol–water partition coefficient (Wildman–Crippen LogP) is 0.284. The Morgan fingerprint density at radius 3 is 2.58 bits per heavy atom. The van der Waals surface area contributed by atoms with Gasteiger partial charge in [0.1, 0.15) is 18.5 Å². The predicted molar refractivity (Wildman–Crippen MR) is 78.4 cm³/mol. The topological polar surface area (TPSA) is 90.8 Å². The number of benzene rings is 1. The highest BCUT2D eigenvalue weighted by molar-refractivity contribution is 5.82. The van der Waals surface area contributed by atoms with E-state index in [0.717, 1.165) is 24.3 Å². The maximum atomic E-state index is 12.4. The van der Waals surface area contributed by atoms with E-state index >= 15 is 0 Å². The third-order valence-corrected chi connectivity index (χ3v) is 3.56. The van der Waals surface area contributed by atoms with Gasteiger partial charge in [0.25, 0.3) is 0 Å².